The third-order valence-corrected chi connectivity index (χ3v) is 4.86. The number of carbonyl (C=O) groups is 2. The van der Waals surface area contributed by atoms with Crippen molar-refractivity contribution in [2.75, 3.05) is 24.4 Å². The molecule has 3 amide bonds. The first-order valence-corrected chi connectivity index (χ1v) is 9.64. The number of para-hydroxylation sites is 1. The smallest absolute Gasteiger partial charge is 0.321 e. The summed E-state index contributed by atoms with van der Waals surface area (Å²) in [6.45, 7) is 0. The Balaban J connectivity index is 1.65. The van der Waals surface area contributed by atoms with E-state index in [0.29, 0.717) is 17.3 Å². The van der Waals surface area contributed by atoms with Crippen molar-refractivity contribution in [1.82, 2.24) is 10.3 Å². The summed E-state index contributed by atoms with van der Waals surface area (Å²) >= 11 is 0. The number of methoxy groups -OCH3 is 1. The number of pyridine rings is 1. The van der Waals surface area contributed by atoms with E-state index in [2.05, 4.69) is 20.6 Å². The molecule has 1 aromatic heterocycles. The molecule has 0 radical (unpaired) electrons. The van der Waals surface area contributed by atoms with E-state index >= 15 is 0 Å². The van der Waals surface area contributed by atoms with Crippen LogP contribution < -0.4 is 20.3 Å². The minimum Gasteiger partial charge on any atom is -0.481 e. The van der Waals surface area contributed by atoms with Gasteiger partial charge in [-0.1, -0.05) is 48.5 Å². The van der Waals surface area contributed by atoms with Gasteiger partial charge in [-0.3, -0.25) is 4.79 Å². The predicted octanol–water partition coefficient (Wildman–Crippen LogP) is 3.05. The number of fused-ring (bicyclic) bond motifs is 1. The molecule has 8 nitrogen and oxygen atoms in total. The number of anilines is 2. The second-order valence-corrected chi connectivity index (χ2v) is 6.85. The van der Waals surface area contributed by atoms with Crippen LogP contribution in [-0.4, -0.2) is 43.0 Å². The lowest BCUT2D eigenvalue weighted by molar-refractivity contribution is -0.119. The molecule has 0 spiro atoms. The fourth-order valence-corrected chi connectivity index (χ4v) is 3.31. The number of amides is 3. The molecular formula is C23H21N5O3. The number of hydrogen-bond acceptors (Lipinski definition) is 5. The predicted molar refractivity (Wildman–Crippen MR) is 119 cm³/mol. The van der Waals surface area contributed by atoms with E-state index in [0.717, 1.165) is 16.8 Å². The second-order valence-electron chi connectivity index (χ2n) is 6.85. The van der Waals surface area contributed by atoms with Crippen molar-refractivity contribution in [3.05, 3.63) is 84.1 Å². The van der Waals surface area contributed by atoms with E-state index in [-0.39, 0.29) is 5.91 Å². The lowest BCUT2D eigenvalue weighted by atomic mass is 10.0. The molecule has 1 aliphatic heterocycles. The van der Waals surface area contributed by atoms with Crippen LogP contribution >= 0.6 is 0 Å². The average molecular weight is 415 g/mol. The molecule has 0 bridgehead atoms. The molecule has 0 aliphatic carbocycles. The summed E-state index contributed by atoms with van der Waals surface area (Å²) in [5.41, 5.74) is 3.48. The van der Waals surface area contributed by atoms with Crippen molar-refractivity contribution in [2.45, 2.75) is 6.17 Å². The van der Waals surface area contributed by atoms with E-state index in [1.807, 2.05) is 54.6 Å². The fraction of sp³-hybridized carbons (Fsp3) is 0.130. The maximum atomic E-state index is 13.1. The summed E-state index contributed by atoms with van der Waals surface area (Å²) in [4.78, 5) is 35.9. The van der Waals surface area contributed by atoms with Gasteiger partial charge in [-0.05, 0) is 12.1 Å². The average Bonchev–Trinajstić information content (AvgIpc) is 2.91. The largest absolute Gasteiger partial charge is 0.481 e. The number of nitrogens with one attached hydrogen (secondary N) is 2. The van der Waals surface area contributed by atoms with Gasteiger partial charge in [0, 0.05) is 24.2 Å². The number of nitrogens with zero attached hydrogens (tertiary/aromatic N) is 3. The Morgan fingerprint density at radius 1 is 1.03 bits per heavy atom. The van der Waals surface area contributed by atoms with Crippen LogP contribution in [0.4, 0.5) is 16.2 Å². The maximum Gasteiger partial charge on any atom is 0.321 e. The lowest BCUT2D eigenvalue weighted by Gasteiger charge is -2.21. The molecule has 8 heteroatoms. The summed E-state index contributed by atoms with van der Waals surface area (Å²) in [6, 6.07) is 19.8. The SMILES string of the molecule is COc1ccc(NC(=O)N[C@@H]2N=C(c3ccccc3)c3ccccc3N(C)C2=O)cn1. The first-order valence-electron chi connectivity index (χ1n) is 9.64. The Kier molecular flexibility index (Phi) is 5.61. The Morgan fingerprint density at radius 3 is 2.48 bits per heavy atom. The van der Waals surface area contributed by atoms with Crippen molar-refractivity contribution in [3.63, 3.8) is 0 Å². The first-order chi connectivity index (χ1) is 15.1. The topological polar surface area (TPSA) is 95.9 Å². The van der Waals surface area contributed by atoms with Crippen LogP contribution in [0.1, 0.15) is 11.1 Å². The fourth-order valence-electron chi connectivity index (χ4n) is 3.31. The summed E-state index contributed by atoms with van der Waals surface area (Å²) in [6.07, 6.45) is 0.368. The highest BCUT2D eigenvalue weighted by molar-refractivity contribution is 6.20. The molecule has 0 unspecified atom stereocenters. The van der Waals surface area contributed by atoms with Crippen molar-refractivity contribution in [3.8, 4) is 5.88 Å². The monoisotopic (exact) mass is 415 g/mol. The van der Waals surface area contributed by atoms with Crippen molar-refractivity contribution >= 4 is 29.0 Å². The van der Waals surface area contributed by atoms with Gasteiger partial charge in [0.1, 0.15) is 0 Å². The highest BCUT2D eigenvalue weighted by Crippen LogP contribution is 2.27. The minimum absolute atomic E-state index is 0.346. The maximum absolute atomic E-state index is 13.1. The number of hydrogen-bond donors (Lipinski definition) is 2. The van der Waals surface area contributed by atoms with Gasteiger partial charge in [-0.2, -0.15) is 0 Å². The Hall–Kier alpha value is -4.20. The van der Waals surface area contributed by atoms with E-state index in [1.54, 1.807) is 19.2 Å². The highest BCUT2D eigenvalue weighted by Gasteiger charge is 2.30. The summed E-state index contributed by atoms with van der Waals surface area (Å²) in [5.74, 6) is 0.0859. The van der Waals surface area contributed by atoms with Gasteiger partial charge >= 0.3 is 6.03 Å². The molecule has 0 saturated carbocycles. The number of benzodiazepines with no additional fused rings is 1. The molecular weight excluding hydrogens is 394 g/mol. The molecule has 0 saturated heterocycles. The number of rotatable bonds is 4. The molecule has 3 aromatic rings. The van der Waals surface area contributed by atoms with Crippen molar-refractivity contribution in [1.29, 1.82) is 0 Å². The molecule has 2 aromatic carbocycles. The van der Waals surface area contributed by atoms with Gasteiger partial charge < -0.3 is 20.3 Å². The number of likely N-dealkylation sites (N-methyl/N-ethyl adjacent to an activating group) is 1. The molecule has 1 atom stereocenters. The number of aromatic nitrogens is 1. The van der Waals surface area contributed by atoms with Crippen molar-refractivity contribution < 1.29 is 14.3 Å². The summed E-state index contributed by atoms with van der Waals surface area (Å²) < 4.78 is 5.01. The van der Waals surface area contributed by atoms with E-state index in [1.165, 1.54) is 18.2 Å². The van der Waals surface area contributed by atoms with E-state index < -0.39 is 12.2 Å². The summed E-state index contributed by atoms with van der Waals surface area (Å²) in [7, 11) is 3.18. The number of ether oxygens (including phenoxy) is 1. The normalized spacial score (nSPS) is 15.4. The molecule has 4 rings (SSSR count). The second kappa shape index (κ2) is 8.66. The van der Waals surface area contributed by atoms with Crippen molar-refractivity contribution in [2.24, 2.45) is 4.99 Å². The number of aliphatic imine (C=N–C) groups is 1. The van der Waals surface area contributed by atoms with Gasteiger partial charge in [0.05, 0.1) is 30.4 Å². The third-order valence-electron chi connectivity index (χ3n) is 4.86. The summed E-state index contributed by atoms with van der Waals surface area (Å²) in [5, 5.41) is 5.33. The quantitative estimate of drug-likeness (QED) is 0.685. The van der Waals surface area contributed by atoms with Crippen LogP contribution in [-0.2, 0) is 4.79 Å². The molecule has 156 valence electrons. The first kappa shape index (κ1) is 20.1. The van der Waals surface area contributed by atoms with Crippen LogP contribution in [0.25, 0.3) is 0 Å². The highest BCUT2D eigenvalue weighted by atomic mass is 16.5. The zero-order chi connectivity index (χ0) is 21.8. The Morgan fingerprint density at radius 2 is 1.77 bits per heavy atom. The van der Waals surface area contributed by atoms with Gasteiger partial charge in [0.15, 0.2) is 0 Å². The third kappa shape index (κ3) is 4.23. The molecule has 2 heterocycles. The van der Waals surface area contributed by atoms with Gasteiger partial charge in [0.2, 0.25) is 12.0 Å². The van der Waals surface area contributed by atoms with Crippen LogP contribution in [0, 0.1) is 0 Å². The van der Waals surface area contributed by atoms with E-state index in [4.69, 9.17) is 4.74 Å². The number of benzene rings is 2. The minimum atomic E-state index is -1.10. The van der Waals surface area contributed by atoms with Gasteiger partial charge in [-0.15, -0.1) is 0 Å². The van der Waals surface area contributed by atoms with E-state index in [9.17, 15) is 9.59 Å². The van der Waals surface area contributed by atoms with Crippen LogP contribution in [0.3, 0.4) is 0 Å². The number of carbonyl (C=O) groups excluding carboxylic acids is 2. The lowest BCUT2D eigenvalue weighted by Crippen LogP contribution is -2.47. The Labute approximate surface area is 179 Å². The van der Waals surface area contributed by atoms with Crippen LogP contribution in [0.15, 0.2) is 77.9 Å². The molecule has 0 fully saturated rings. The molecule has 2 N–H and O–H groups in total. The van der Waals surface area contributed by atoms with Gasteiger partial charge in [-0.25, -0.2) is 14.8 Å². The van der Waals surface area contributed by atoms with Gasteiger partial charge in [0.25, 0.3) is 5.91 Å². The Bertz CT molecular complexity index is 1130. The number of urea groups is 1. The standard InChI is InChI=1S/C23H21N5O3/c1-28-18-11-7-6-10-17(18)20(15-8-4-3-5-9-15)26-21(22(28)29)27-23(30)25-16-12-13-19(31-2)24-14-16/h3-14,21H,1-2H3,(H2,25,27,30)/t21-/m0/s1. The zero-order valence-corrected chi connectivity index (χ0v) is 17.1. The zero-order valence-electron chi connectivity index (χ0n) is 17.1. The molecule has 1 aliphatic rings. The molecule has 31 heavy (non-hydrogen) atoms. The van der Waals surface area contributed by atoms with Crippen LogP contribution in [0.5, 0.6) is 5.88 Å². The van der Waals surface area contributed by atoms with Crippen LogP contribution in [0.2, 0.25) is 0 Å².